The summed E-state index contributed by atoms with van der Waals surface area (Å²) in [6.45, 7) is 4.00. The second-order valence-corrected chi connectivity index (χ2v) is 6.10. The zero-order valence-corrected chi connectivity index (χ0v) is 16.2. The standard InChI is InChI=1S/C20H16F2N4.C2H6/c1-26-12-18(14-5-4-6-15(21)20(14)22)25-19(26)10-9-13-11-23-16-7-2-3-8-17(16)24-13;1-2/h2-8,11-12H,9-10H2,1H3;1-2H3. The van der Waals surface area contributed by atoms with Crippen LogP contribution in [-0.2, 0) is 19.9 Å². The van der Waals surface area contributed by atoms with Gasteiger partial charge in [-0.05, 0) is 30.7 Å². The SMILES string of the molecule is CC.Cn1cc(-c2cccc(F)c2F)nc1CCc1cnc2ccccc2n1. The molecule has 0 aliphatic rings. The molecule has 0 amide bonds. The first-order chi connectivity index (χ1) is 13.6. The van der Waals surface area contributed by atoms with Gasteiger partial charge < -0.3 is 4.57 Å². The summed E-state index contributed by atoms with van der Waals surface area (Å²) in [5.74, 6) is -0.975. The van der Waals surface area contributed by atoms with E-state index in [2.05, 4.69) is 15.0 Å². The monoisotopic (exact) mass is 380 g/mol. The molecule has 0 radical (unpaired) electrons. The Morgan fingerprint density at radius 1 is 0.893 bits per heavy atom. The molecule has 4 rings (SSSR count). The Kier molecular flexibility index (Phi) is 6.09. The van der Waals surface area contributed by atoms with Crippen molar-refractivity contribution in [3.8, 4) is 11.3 Å². The van der Waals surface area contributed by atoms with Gasteiger partial charge in [0.15, 0.2) is 11.6 Å². The van der Waals surface area contributed by atoms with Crippen molar-refractivity contribution in [3.05, 3.63) is 78.0 Å². The molecule has 0 saturated heterocycles. The maximum atomic E-state index is 14.0. The van der Waals surface area contributed by atoms with Gasteiger partial charge in [0.05, 0.1) is 22.4 Å². The third-order valence-corrected chi connectivity index (χ3v) is 4.30. The number of halogens is 2. The van der Waals surface area contributed by atoms with Crippen LogP contribution in [0.25, 0.3) is 22.3 Å². The molecule has 144 valence electrons. The zero-order chi connectivity index (χ0) is 20.1. The summed E-state index contributed by atoms with van der Waals surface area (Å²) in [6.07, 6.45) is 4.76. The Morgan fingerprint density at radius 3 is 2.43 bits per heavy atom. The molecule has 0 bridgehead atoms. The lowest BCUT2D eigenvalue weighted by Crippen LogP contribution is -2.02. The number of fused-ring (bicyclic) bond motifs is 1. The molecule has 28 heavy (non-hydrogen) atoms. The van der Waals surface area contributed by atoms with Crippen LogP contribution in [0.3, 0.4) is 0 Å². The fourth-order valence-corrected chi connectivity index (χ4v) is 2.92. The van der Waals surface area contributed by atoms with Crippen LogP contribution in [0.15, 0.2) is 54.9 Å². The van der Waals surface area contributed by atoms with E-state index in [0.717, 1.165) is 28.6 Å². The number of aryl methyl sites for hydroxylation is 3. The van der Waals surface area contributed by atoms with Crippen LogP contribution < -0.4 is 0 Å². The van der Waals surface area contributed by atoms with Crippen LogP contribution in [0.2, 0.25) is 0 Å². The molecule has 2 aromatic heterocycles. The lowest BCUT2D eigenvalue weighted by atomic mass is 10.1. The number of imidazole rings is 1. The fourth-order valence-electron chi connectivity index (χ4n) is 2.92. The van der Waals surface area contributed by atoms with Crippen molar-refractivity contribution in [2.75, 3.05) is 0 Å². The summed E-state index contributed by atoms with van der Waals surface area (Å²) in [7, 11) is 1.84. The number of hydrogen-bond donors (Lipinski definition) is 0. The Hall–Kier alpha value is -3.15. The molecular weight excluding hydrogens is 358 g/mol. The van der Waals surface area contributed by atoms with E-state index in [1.165, 1.54) is 12.1 Å². The highest BCUT2D eigenvalue weighted by Crippen LogP contribution is 2.24. The van der Waals surface area contributed by atoms with Gasteiger partial charge in [0.25, 0.3) is 0 Å². The zero-order valence-electron chi connectivity index (χ0n) is 16.2. The van der Waals surface area contributed by atoms with Crippen molar-refractivity contribution < 1.29 is 8.78 Å². The summed E-state index contributed by atoms with van der Waals surface area (Å²) in [6, 6.07) is 11.8. The first kappa shape index (κ1) is 19.6. The van der Waals surface area contributed by atoms with Gasteiger partial charge in [0.2, 0.25) is 0 Å². The second kappa shape index (κ2) is 8.69. The van der Waals surface area contributed by atoms with Gasteiger partial charge >= 0.3 is 0 Å². The molecule has 4 aromatic rings. The van der Waals surface area contributed by atoms with Crippen LogP contribution in [0.4, 0.5) is 8.78 Å². The van der Waals surface area contributed by atoms with Gasteiger partial charge in [-0.2, -0.15) is 0 Å². The van der Waals surface area contributed by atoms with E-state index >= 15 is 0 Å². The van der Waals surface area contributed by atoms with E-state index in [0.29, 0.717) is 18.5 Å². The lowest BCUT2D eigenvalue weighted by Gasteiger charge is -2.03. The fraction of sp³-hybridized carbons (Fsp3) is 0.227. The minimum absolute atomic E-state index is 0.164. The van der Waals surface area contributed by atoms with E-state index in [9.17, 15) is 8.78 Å². The highest BCUT2D eigenvalue weighted by molar-refractivity contribution is 5.73. The highest BCUT2D eigenvalue weighted by Gasteiger charge is 2.14. The van der Waals surface area contributed by atoms with E-state index in [-0.39, 0.29) is 5.56 Å². The molecule has 0 saturated carbocycles. The van der Waals surface area contributed by atoms with Gasteiger partial charge in [-0.3, -0.25) is 4.98 Å². The first-order valence-corrected chi connectivity index (χ1v) is 9.29. The molecule has 0 aliphatic carbocycles. The molecule has 0 spiro atoms. The van der Waals surface area contributed by atoms with E-state index in [4.69, 9.17) is 0 Å². The first-order valence-electron chi connectivity index (χ1n) is 9.29. The molecule has 0 atom stereocenters. The Morgan fingerprint density at radius 2 is 1.64 bits per heavy atom. The van der Waals surface area contributed by atoms with Gasteiger partial charge in [-0.15, -0.1) is 0 Å². The summed E-state index contributed by atoms with van der Waals surface area (Å²) in [5, 5.41) is 0. The normalized spacial score (nSPS) is 10.6. The summed E-state index contributed by atoms with van der Waals surface area (Å²) in [5.41, 5.74) is 3.16. The summed E-state index contributed by atoms with van der Waals surface area (Å²) in [4.78, 5) is 13.5. The topological polar surface area (TPSA) is 43.6 Å². The minimum Gasteiger partial charge on any atom is -0.337 e. The molecule has 0 N–H and O–H groups in total. The molecule has 2 heterocycles. The highest BCUT2D eigenvalue weighted by atomic mass is 19.2. The van der Waals surface area contributed by atoms with Crippen LogP contribution in [0, 0.1) is 11.6 Å². The van der Waals surface area contributed by atoms with Crippen molar-refractivity contribution in [1.82, 2.24) is 19.5 Å². The van der Waals surface area contributed by atoms with Gasteiger partial charge in [-0.25, -0.2) is 18.7 Å². The lowest BCUT2D eigenvalue weighted by molar-refractivity contribution is 0.511. The summed E-state index contributed by atoms with van der Waals surface area (Å²) < 4.78 is 29.3. The van der Waals surface area contributed by atoms with Crippen molar-refractivity contribution in [1.29, 1.82) is 0 Å². The predicted molar refractivity (Wildman–Crippen MR) is 107 cm³/mol. The van der Waals surface area contributed by atoms with Crippen molar-refractivity contribution in [2.24, 2.45) is 7.05 Å². The number of aromatic nitrogens is 4. The van der Waals surface area contributed by atoms with E-state index in [1.54, 1.807) is 12.4 Å². The van der Waals surface area contributed by atoms with Gasteiger partial charge in [0.1, 0.15) is 5.82 Å². The average molecular weight is 380 g/mol. The summed E-state index contributed by atoms with van der Waals surface area (Å²) >= 11 is 0. The maximum Gasteiger partial charge on any atom is 0.168 e. The largest absolute Gasteiger partial charge is 0.337 e. The maximum absolute atomic E-state index is 14.0. The van der Waals surface area contributed by atoms with Gasteiger partial charge in [-0.1, -0.05) is 32.0 Å². The van der Waals surface area contributed by atoms with Crippen molar-refractivity contribution in [3.63, 3.8) is 0 Å². The molecule has 0 unspecified atom stereocenters. The third kappa shape index (κ3) is 4.06. The number of para-hydroxylation sites is 2. The van der Waals surface area contributed by atoms with Crippen molar-refractivity contribution in [2.45, 2.75) is 26.7 Å². The van der Waals surface area contributed by atoms with Crippen molar-refractivity contribution >= 4 is 11.0 Å². The second-order valence-electron chi connectivity index (χ2n) is 6.10. The minimum atomic E-state index is -0.877. The number of benzene rings is 2. The van der Waals surface area contributed by atoms with Crippen LogP contribution >= 0.6 is 0 Å². The smallest absolute Gasteiger partial charge is 0.168 e. The quantitative estimate of drug-likeness (QED) is 0.494. The Balaban J connectivity index is 0.00000109. The van der Waals surface area contributed by atoms with Crippen LogP contribution in [-0.4, -0.2) is 19.5 Å². The number of hydrogen-bond acceptors (Lipinski definition) is 3. The molecule has 6 heteroatoms. The number of nitrogens with zero attached hydrogens (tertiary/aromatic N) is 4. The molecule has 0 fully saturated rings. The van der Waals surface area contributed by atoms with Gasteiger partial charge in [0, 0.05) is 31.4 Å². The third-order valence-electron chi connectivity index (χ3n) is 4.30. The average Bonchev–Trinajstić information content (AvgIpc) is 3.10. The van der Waals surface area contributed by atoms with Crippen LogP contribution in [0.1, 0.15) is 25.4 Å². The molecule has 0 aliphatic heterocycles. The van der Waals surface area contributed by atoms with Crippen LogP contribution in [0.5, 0.6) is 0 Å². The molecule has 4 nitrogen and oxygen atoms in total. The number of rotatable bonds is 4. The molecule has 2 aromatic carbocycles. The Bertz CT molecular complexity index is 1090. The Labute approximate surface area is 162 Å². The predicted octanol–water partition coefficient (Wildman–Crippen LogP) is 5.12. The molecular formula is C22H22F2N4. The van der Waals surface area contributed by atoms with E-state index < -0.39 is 11.6 Å². The van der Waals surface area contributed by atoms with E-state index in [1.807, 2.05) is 49.7 Å².